The van der Waals surface area contributed by atoms with Crippen LogP contribution in [0.5, 0.6) is 0 Å². The Morgan fingerprint density at radius 2 is 2.12 bits per heavy atom. The average molecular weight is 221 g/mol. The van der Waals surface area contributed by atoms with Crippen molar-refractivity contribution >= 4 is 5.91 Å². The SMILES string of the molecule is O=C1CO[C@H](CO)CN1Cc1ccccc1. The van der Waals surface area contributed by atoms with Gasteiger partial charge in [-0.15, -0.1) is 0 Å². The number of benzene rings is 1. The molecule has 86 valence electrons. The minimum atomic E-state index is -0.249. The molecule has 0 radical (unpaired) electrons. The molecule has 0 aliphatic carbocycles. The molecular formula is C12H15NO3. The average Bonchev–Trinajstić information content (AvgIpc) is 2.33. The van der Waals surface area contributed by atoms with Gasteiger partial charge in [-0.1, -0.05) is 30.3 Å². The van der Waals surface area contributed by atoms with E-state index in [1.807, 2.05) is 30.3 Å². The van der Waals surface area contributed by atoms with E-state index < -0.39 is 0 Å². The van der Waals surface area contributed by atoms with Crippen molar-refractivity contribution < 1.29 is 14.6 Å². The number of rotatable bonds is 3. The summed E-state index contributed by atoms with van der Waals surface area (Å²) >= 11 is 0. The van der Waals surface area contributed by atoms with Crippen LogP contribution in [0.15, 0.2) is 30.3 Å². The number of carbonyl (C=O) groups excluding carboxylic acids is 1. The summed E-state index contributed by atoms with van der Waals surface area (Å²) in [4.78, 5) is 13.3. The van der Waals surface area contributed by atoms with Crippen molar-refractivity contribution in [2.24, 2.45) is 0 Å². The second-order valence-corrected chi connectivity index (χ2v) is 3.88. The zero-order valence-corrected chi connectivity index (χ0v) is 9.00. The summed E-state index contributed by atoms with van der Waals surface area (Å²) in [5.41, 5.74) is 1.09. The molecule has 1 aromatic rings. The van der Waals surface area contributed by atoms with Crippen LogP contribution in [0.25, 0.3) is 0 Å². The zero-order chi connectivity index (χ0) is 11.4. The van der Waals surface area contributed by atoms with E-state index in [-0.39, 0.29) is 25.2 Å². The highest BCUT2D eigenvalue weighted by Gasteiger charge is 2.25. The molecule has 1 aliphatic heterocycles. The second-order valence-electron chi connectivity index (χ2n) is 3.88. The van der Waals surface area contributed by atoms with Gasteiger partial charge in [0, 0.05) is 13.1 Å². The highest BCUT2D eigenvalue weighted by Crippen LogP contribution is 2.11. The predicted octanol–water partition coefficient (Wildman–Crippen LogP) is 0.406. The van der Waals surface area contributed by atoms with Crippen molar-refractivity contribution in [2.75, 3.05) is 19.8 Å². The maximum Gasteiger partial charge on any atom is 0.248 e. The van der Waals surface area contributed by atoms with Gasteiger partial charge in [0.2, 0.25) is 5.91 Å². The summed E-state index contributed by atoms with van der Waals surface area (Å²) in [7, 11) is 0. The molecule has 0 bridgehead atoms. The molecule has 1 atom stereocenters. The summed E-state index contributed by atoms with van der Waals surface area (Å²) in [6.07, 6.45) is -0.249. The van der Waals surface area contributed by atoms with Crippen molar-refractivity contribution in [3.05, 3.63) is 35.9 Å². The number of amides is 1. The Balaban J connectivity index is 2.00. The molecule has 0 spiro atoms. The summed E-state index contributed by atoms with van der Waals surface area (Å²) in [6, 6.07) is 9.81. The molecule has 0 aromatic heterocycles. The van der Waals surface area contributed by atoms with Gasteiger partial charge in [0.25, 0.3) is 0 Å². The number of aliphatic hydroxyl groups is 1. The van der Waals surface area contributed by atoms with Crippen LogP contribution >= 0.6 is 0 Å². The molecular weight excluding hydrogens is 206 g/mol. The molecule has 1 amide bonds. The number of hydrogen-bond acceptors (Lipinski definition) is 3. The van der Waals surface area contributed by atoms with Gasteiger partial charge in [0.05, 0.1) is 12.7 Å². The molecule has 1 fully saturated rings. The molecule has 4 nitrogen and oxygen atoms in total. The number of carbonyl (C=O) groups is 1. The fourth-order valence-corrected chi connectivity index (χ4v) is 1.75. The van der Waals surface area contributed by atoms with Crippen molar-refractivity contribution in [3.8, 4) is 0 Å². The lowest BCUT2D eigenvalue weighted by Gasteiger charge is -2.31. The first-order valence-electron chi connectivity index (χ1n) is 5.34. The molecule has 2 rings (SSSR count). The van der Waals surface area contributed by atoms with Crippen LogP contribution in [-0.4, -0.2) is 41.8 Å². The Hall–Kier alpha value is -1.39. The van der Waals surface area contributed by atoms with Crippen LogP contribution in [0.1, 0.15) is 5.56 Å². The third-order valence-corrected chi connectivity index (χ3v) is 2.64. The fraction of sp³-hybridized carbons (Fsp3) is 0.417. The van der Waals surface area contributed by atoms with E-state index in [1.54, 1.807) is 4.90 Å². The zero-order valence-electron chi connectivity index (χ0n) is 9.00. The maximum absolute atomic E-state index is 11.6. The third kappa shape index (κ3) is 2.59. The van der Waals surface area contributed by atoms with E-state index in [2.05, 4.69) is 0 Å². The van der Waals surface area contributed by atoms with Crippen molar-refractivity contribution in [1.82, 2.24) is 4.90 Å². The van der Waals surface area contributed by atoms with E-state index in [9.17, 15) is 4.79 Å². The first-order chi connectivity index (χ1) is 7.79. The van der Waals surface area contributed by atoms with Crippen LogP contribution in [0.4, 0.5) is 0 Å². The van der Waals surface area contributed by atoms with Crippen LogP contribution in [0.2, 0.25) is 0 Å². The number of aliphatic hydroxyl groups excluding tert-OH is 1. The van der Waals surface area contributed by atoms with Gasteiger partial charge in [-0.25, -0.2) is 0 Å². The number of ether oxygens (including phenoxy) is 1. The normalized spacial score (nSPS) is 21.2. The van der Waals surface area contributed by atoms with Crippen LogP contribution in [0, 0.1) is 0 Å². The molecule has 1 heterocycles. The summed E-state index contributed by atoms with van der Waals surface area (Å²) in [5, 5.41) is 9.00. The second kappa shape index (κ2) is 5.09. The number of nitrogens with zero attached hydrogens (tertiary/aromatic N) is 1. The van der Waals surface area contributed by atoms with Crippen molar-refractivity contribution in [1.29, 1.82) is 0 Å². The Kier molecular flexibility index (Phi) is 3.54. The molecule has 0 saturated carbocycles. The van der Waals surface area contributed by atoms with Crippen LogP contribution in [0.3, 0.4) is 0 Å². The topological polar surface area (TPSA) is 49.8 Å². The van der Waals surface area contributed by atoms with Crippen LogP contribution < -0.4 is 0 Å². The van der Waals surface area contributed by atoms with Gasteiger partial charge in [0.15, 0.2) is 0 Å². The van der Waals surface area contributed by atoms with Gasteiger partial charge in [-0.3, -0.25) is 4.79 Å². The standard InChI is InChI=1S/C12H15NO3/c14-8-11-7-13(12(15)9-16-11)6-10-4-2-1-3-5-10/h1-5,11,14H,6-9H2/t11-/m0/s1. The summed E-state index contributed by atoms with van der Waals surface area (Å²) < 4.78 is 5.17. The molecule has 1 aromatic carbocycles. The van der Waals surface area contributed by atoms with Crippen molar-refractivity contribution in [2.45, 2.75) is 12.6 Å². The van der Waals surface area contributed by atoms with E-state index in [4.69, 9.17) is 9.84 Å². The van der Waals surface area contributed by atoms with E-state index in [1.165, 1.54) is 0 Å². The third-order valence-electron chi connectivity index (χ3n) is 2.64. The van der Waals surface area contributed by atoms with Crippen molar-refractivity contribution in [3.63, 3.8) is 0 Å². The minimum absolute atomic E-state index is 0.0199. The number of hydrogen-bond donors (Lipinski definition) is 1. The number of morpholine rings is 1. The predicted molar refractivity (Wildman–Crippen MR) is 58.7 cm³/mol. The Labute approximate surface area is 94.4 Å². The molecule has 16 heavy (non-hydrogen) atoms. The monoisotopic (exact) mass is 221 g/mol. The smallest absolute Gasteiger partial charge is 0.248 e. The van der Waals surface area contributed by atoms with E-state index in [0.29, 0.717) is 13.1 Å². The van der Waals surface area contributed by atoms with Gasteiger partial charge < -0.3 is 14.7 Å². The first-order valence-corrected chi connectivity index (χ1v) is 5.34. The quantitative estimate of drug-likeness (QED) is 0.804. The van der Waals surface area contributed by atoms with E-state index >= 15 is 0 Å². The van der Waals surface area contributed by atoms with Crippen LogP contribution in [-0.2, 0) is 16.1 Å². The molecule has 1 aliphatic rings. The highest BCUT2D eigenvalue weighted by molar-refractivity contribution is 5.78. The summed E-state index contributed by atoms with van der Waals surface area (Å²) in [5.74, 6) is -0.0199. The lowest BCUT2D eigenvalue weighted by atomic mass is 10.2. The van der Waals surface area contributed by atoms with Gasteiger partial charge in [-0.2, -0.15) is 0 Å². The Morgan fingerprint density at radius 3 is 2.81 bits per heavy atom. The van der Waals surface area contributed by atoms with Gasteiger partial charge >= 0.3 is 0 Å². The highest BCUT2D eigenvalue weighted by atomic mass is 16.5. The lowest BCUT2D eigenvalue weighted by molar-refractivity contribution is -0.151. The Bertz CT molecular complexity index is 353. The molecule has 1 N–H and O–H groups in total. The maximum atomic E-state index is 11.6. The van der Waals surface area contributed by atoms with Gasteiger partial charge in [-0.05, 0) is 5.56 Å². The largest absolute Gasteiger partial charge is 0.394 e. The fourth-order valence-electron chi connectivity index (χ4n) is 1.75. The summed E-state index contributed by atoms with van der Waals surface area (Å²) in [6.45, 7) is 1.07. The first kappa shape index (κ1) is 11.1. The molecule has 0 unspecified atom stereocenters. The van der Waals surface area contributed by atoms with Gasteiger partial charge in [0.1, 0.15) is 6.61 Å². The Morgan fingerprint density at radius 1 is 1.38 bits per heavy atom. The molecule has 1 saturated heterocycles. The van der Waals surface area contributed by atoms with E-state index in [0.717, 1.165) is 5.56 Å². The minimum Gasteiger partial charge on any atom is -0.394 e. The molecule has 4 heteroatoms. The lowest BCUT2D eigenvalue weighted by Crippen LogP contribution is -2.47.